The number of ether oxygens (including phenoxy) is 2. The maximum Gasteiger partial charge on any atom is 0.573 e. The predicted octanol–water partition coefficient (Wildman–Crippen LogP) is 3.21. The number of urea groups is 1. The summed E-state index contributed by atoms with van der Waals surface area (Å²) in [5.41, 5.74) is -0.720. The van der Waals surface area contributed by atoms with Crippen molar-refractivity contribution in [3.63, 3.8) is 0 Å². The Morgan fingerprint density at radius 1 is 1.19 bits per heavy atom. The van der Waals surface area contributed by atoms with Crippen LogP contribution in [0.15, 0.2) is 42.7 Å². The minimum Gasteiger partial charge on any atom is -0.462 e. The van der Waals surface area contributed by atoms with Crippen LogP contribution in [0, 0.1) is 0 Å². The average molecular weight is 437 g/mol. The molecule has 0 radical (unpaired) electrons. The summed E-state index contributed by atoms with van der Waals surface area (Å²) in [6.07, 6.45) is -2.13. The third-order valence-corrected chi connectivity index (χ3v) is 4.54. The number of alkyl halides is 3. The van der Waals surface area contributed by atoms with Gasteiger partial charge in [-0.25, -0.2) is 14.5 Å². The highest BCUT2D eigenvalue weighted by Gasteiger charge is 2.49. The zero-order chi connectivity index (χ0) is 22.8. The molecule has 1 aromatic heterocycles. The monoisotopic (exact) mass is 437 g/mol. The minimum atomic E-state index is -4.86. The van der Waals surface area contributed by atoms with Crippen molar-refractivity contribution in [1.82, 2.24) is 10.3 Å². The van der Waals surface area contributed by atoms with Gasteiger partial charge in [0.05, 0.1) is 17.9 Å². The molecule has 2 aromatic rings. The molecule has 1 atom stereocenters. The van der Waals surface area contributed by atoms with E-state index < -0.39 is 35.6 Å². The molecule has 1 aliphatic heterocycles. The largest absolute Gasteiger partial charge is 0.573 e. The number of hydrogen-bond donors (Lipinski definition) is 1. The van der Waals surface area contributed by atoms with Crippen molar-refractivity contribution in [3.05, 3.63) is 53.9 Å². The quantitative estimate of drug-likeness (QED) is 0.551. The number of nitrogens with zero attached hydrogens (tertiary/aromatic N) is 2. The summed E-state index contributed by atoms with van der Waals surface area (Å²) in [6, 6.07) is 5.13. The number of pyridine rings is 1. The highest BCUT2D eigenvalue weighted by molar-refractivity contribution is 6.23. The molecule has 1 fully saturated rings. The van der Waals surface area contributed by atoms with Crippen LogP contribution in [0.3, 0.4) is 0 Å². The second-order valence-electron chi connectivity index (χ2n) is 6.87. The van der Waals surface area contributed by atoms with E-state index in [-0.39, 0.29) is 24.3 Å². The van der Waals surface area contributed by atoms with Gasteiger partial charge >= 0.3 is 18.4 Å². The van der Waals surface area contributed by atoms with E-state index in [2.05, 4.69) is 15.0 Å². The van der Waals surface area contributed by atoms with Crippen LogP contribution in [0.2, 0.25) is 0 Å². The number of hydrogen-bond acceptors (Lipinski definition) is 6. The summed E-state index contributed by atoms with van der Waals surface area (Å²) < 4.78 is 45.8. The summed E-state index contributed by atoms with van der Waals surface area (Å²) in [5, 5.41) is 2.58. The summed E-state index contributed by atoms with van der Waals surface area (Å²) in [5.74, 6) is -1.72. The number of aromatic nitrogens is 1. The molecule has 11 heteroatoms. The number of imide groups is 1. The van der Waals surface area contributed by atoms with Gasteiger partial charge in [-0.3, -0.25) is 9.78 Å². The maximum atomic E-state index is 13.1. The number of carbonyl (C=O) groups is 3. The van der Waals surface area contributed by atoms with E-state index in [4.69, 9.17) is 4.74 Å². The van der Waals surface area contributed by atoms with E-state index >= 15 is 0 Å². The Hall–Kier alpha value is -3.63. The van der Waals surface area contributed by atoms with Gasteiger partial charge in [0.15, 0.2) is 0 Å². The van der Waals surface area contributed by atoms with Gasteiger partial charge < -0.3 is 14.8 Å². The number of esters is 1. The van der Waals surface area contributed by atoms with E-state index in [0.717, 1.165) is 17.0 Å². The first-order valence-electron chi connectivity index (χ1n) is 9.16. The van der Waals surface area contributed by atoms with Crippen molar-refractivity contribution in [2.45, 2.75) is 32.2 Å². The van der Waals surface area contributed by atoms with Crippen LogP contribution in [0.25, 0.3) is 0 Å². The number of anilines is 1. The zero-order valence-electron chi connectivity index (χ0n) is 16.5. The highest BCUT2D eigenvalue weighted by atomic mass is 19.4. The average Bonchev–Trinajstić information content (AvgIpc) is 2.90. The third-order valence-electron chi connectivity index (χ3n) is 4.54. The Balaban J connectivity index is 1.84. The standard InChI is InChI=1S/C20H18F3N3O5/c1-3-30-16(27)15-11-24-9-8-12(15)10-19(2)17(28)26(18(29)25-19)13-4-6-14(7-5-13)31-20(21,22)23/h4-9,11H,3,10H2,1-2H3,(H,25,29). The first kappa shape index (κ1) is 22.1. The second kappa shape index (κ2) is 8.25. The van der Waals surface area contributed by atoms with Crippen LogP contribution in [0.1, 0.15) is 29.8 Å². The van der Waals surface area contributed by atoms with Crippen LogP contribution in [-0.2, 0) is 16.0 Å². The number of rotatable bonds is 6. The number of benzene rings is 1. The Kier molecular flexibility index (Phi) is 5.87. The highest BCUT2D eigenvalue weighted by Crippen LogP contribution is 2.30. The van der Waals surface area contributed by atoms with Crippen molar-refractivity contribution in [3.8, 4) is 5.75 Å². The lowest BCUT2D eigenvalue weighted by Crippen LogP contribution is -2.46. The molecule has 3 amide bonds. The Labute approximate surface area is 175 Å². The van der Waals surface area contributed by atoms with E-state index in [1.807, 2.05) is 0 Å². The number of halogens is 3. The van der Waals surface area contributed by atoms with Gasteiger partial charge in [-0.15, -0.1) is 13.2 Å². The summed E-state index contributed by atoms with van der Waals surface area (Å²) in [4.78, 5) is 42.5. The van der Waals surface area contributed by atoms with Crippen molar-refractivity contribution in [2.75, 3.05) is 11.5 Å². The number of carbonyl (C=O) groups excluding carboxylic acids is 3. The number of amides is 3. The molecule has 31 heavy (non-hydrogen) atoms. The lowest BCUT2D eigenvalue weighted by molar-refractivity contribution is -0.274. The Morgan fingerprint density at radius 3 is 2.48 bits per heavy atom. The molecular weight excluding hydrogens is 419 g/mol. The maximum absolute atomic E-state index is 13.1. The van der Waals surface area contributed by atoms with Crippen molar-refractivity contribution in [2.24, 2.45) is 0 Å². The lowest BCUT2D eigenvalue weighted by atomic mass is 9.91. The topological polar surface area (TPSA) is 97.8 Å². The lowest BCUT2D eigenvalue weighted by Gasteiger charge is -2.23. The molecule has 0 bridgehead atoms. The molecule has 1 saturated heterocycles. The van der Waals surface area contributed by atoms with Gasteiger partial charge in [0.2, 0.25) is 0 Å². The van der Waals surface area contributed by atoms with E-state index in [1.165, 1.54) is 31.5 Å². The fourth-order valence-electron chi connectivity index (χ4n) is 3.19. The first-order chi connectivity index (χ1) is 14.5. The fourth-order valence-corrected chi connectivity index (χ4v) is 3.19. The van der Waals surface area contributed by atoms with E-state index in [0.29, 0.717) is 5.56 Å². The third kappa shape index (κ3) is 4.76. The van der Waals surface area contributed by atoms with Gasteiger partial charge in [0.1, 0.15) is 11.3 Å². The predicted molar refractivity (Wildman–Crippen MR) is 101 cm³/mol. The summed E-state index contributed by atoms with van der Waals surface area (Å²) >= 11 is 0. The zero-order valence-corrected chi connectivity index (χ0v) is 16.5. The summed E-state index contributed by atoms with van der Waals surface area (Å²) in [7, 11) is 0. The molecule has 0 aliphatic carbocycles. The van der Waals surface area contributed by atoms with Gasteiger partial charge in [-0.2, -0.15) is 0 Å². The normalized spacial score (nSPS) is 18.7. The molecular formula is C20H18F3N3O5. The van der Waals surface area contributed by atoms with Crippen LogP contribution in [-0.4, -0.2) is 41.4 Å². The first-order valence-corrected chi connectivity index (χ1v) is 9.16. The Morgan fingerprint density at radius 2 is 1.87 bits per heavy atom. The molecule has 1 aromatic carbocycles. The van der Waals surface area contributed by atoms with Crippen molar-refractivity contribution < 1.29 is 37.0 Å². The Bertz CT molecular complexity index is 1010. The van der Waals surface area contributed by atoms with Gasteiger partial charge in [0, 0.05) is 18.8 Å². The molecule has 0 saturated carbocycles. The molecule has 3 rings (SSSR count). The molecule has 1 aliphatic rings. The van der Waals surface area contributed by atoms with E-state index in [9.17, 15) is 27.6 Å². The van der Waals surface area contributed by atoms with Crippen LogP contribution in [0.4, 0.5) is 23.7 Å². The molecule has 0 spiro atoms. The van der Waals surface area contributed by atoms with Crippen LogP contribution in [0.5, 0.6) is 5.75 Å². The second-order valence-corrected chi connectivity index (χ2v) is 6.87. The minimum absolute atomic E-state index is 0.0278. The fraction of sp³-hybridized carbons (Fsp3) is 0.300. The van der Waals surface area contributed by atoms with Crippen molar-refractivity contribution in [1.29, 1.82) is 0 Å². The van der Waals surface area contributed by atoms with Gasteiger partial charge in [0.25, 0.3) is 5.91 Å². The molecule has 8 nitrogen and oxygen atoms in total. The van der Waals surface area contributed by atoms with Crippen LogP contribution < -0.4 is 15.0 Å². The number of nitrogens with one attached hydrogen (secondary N) is 1. The molecule has 2 heterocycles. The molecule has 164 valence electrons. The summed E-state index contributed by atoms with van der Waals surface area (Å²) in [6.45, 7) is 3.30. The molecule has 1 N–H and O–H groups in total. The molecule has 1 unspecified atom stereocenters. The smallest absolute Gasteiger partial charge is 0.462 e. The SMILES string of the molecule is CCOC(=O)c1cnccc1CC1(C)NC(=O)N(c2ccc(OC(F)(F)F)cc2)C1=O. The van der Waals surface area contributed by atoms with Crippen LogP contribution >= 0.6 is 0 Å². The van der Waals surface area contributed by atoms with Gasteiger partial charge in [-0.05, 0) is 49.7 Å². The van der Waals surface area contributed by atoms with Gasteiger partial charge in [-0.1, -0.05) is 0 Å². The van der Waals surface area contributed by atoms with E-state index in [1.54, 1.807) is 13.0 Å². The van der Waals surface area contributed by atoms with Crippen molar-refractivity contribution >= 4 is 23.6 Å².